The highest BCUT2D eigenvalue weighted by atomic mass is 16.3. The summed E-state index contributed by atoms with van der Waals surface area (Å²) in [5, 5.41) is 11.9. The number of carbonyl (C=O) groups excluding carboxylic acids is 1. The molecule has 0 aliphatic carbocycles. The number of nitrogens with zero attached hydrogens (tertiary/aromatic N) is 4. The number of nitrogens with two attached hydrogens (primary N) is 1. The van der Waals surface area contributed by atoms with Crippen LogP contribution in [-0.4, -0.2) is 44.0 Å². The minimum absolute atomic E-state index is 0.190. The quantitative estimate of drug-likeness (QED) is 0.731. The first-order valence-electron chi connectivity index (χ1n) is 9.03. The molecule has 0 bridgehead atoms. The van der Waals surface area contributed by atoms with Crippen molar-refractivity contribution < 1.29 is 9.90 Å². The average Bonchev–Trinajstić information content (AvgIpc) is 2.94. The Kier molecular flexibility index (Phi) is 4.41. The normalized spacial score (nSPS) is 15.7. The van der Waals surface area contributed by atoms with Gasteiger partial charge in [-0.3, -0.25) is 9.78 Å². The van der Waals surface area contributed by atoms with Gasteiger partial charge in [-0.25, -0.2) is 4.98 Å². The van der Waals surface area contributed by atoms with E-state index in [9.17, 15) is 9.90 Å². The number of aryl methyl sites for hydroxylation is 1. The minimum atomic E-state index is -0.748. The first-order chi connectivity index (χ1) is 12.9. The number of likely N-dealkylation sites (N-methyl/N-ethyl adjacent to an activating group) is 1. The van der Waals surface area contributed by atoms with Crippen LogP contribution in [0.25, 0.3) is 11.0 Å². The zero-order valence-corrected chi connectivity index (χ0v) is 15.5. The number of hydrogen-bond acceptors (Lipinski definition) is 5. The molecule has 7 nitrogen and oxygen atoms in total. The number of pyridine rings is 2. The summed E-state index contributed by atoms with van der Waals surface area (Å²) in [6.45, 7) is 4.30. The van der Waals surface area contributed by atoms with E-state index in [1.807, 2.05) is 13.1 Å². The van der Waals surface area contributed by atoms with Crippen LogP contribution in [0, 0.1) is 6.92 Å². The van der Waals surface area contributed by atoms with Crippen LogP contribution in [0.2, 0.25) is 0 Å². The second-order valence-corrected chi connectivity index (χ2v) is 7.26. The SMILES string of the molecule is Cc1cnc2c(c1)c1c(n2CC(O)c2ccc(C(N)=O)nc2)CCN(C)C1. The lowest BCUT2D eigenvalue weighted by Gasteiger charge is -2.24. The molecular weight excluding hydrogens is 342 g/mol. The van der Waals surface area contributed by atoms with Crippen molar-refractivity contribution in [3.8, 4) is 0 Å². The average molecular weight is 365 g/mol. The number of aliphatic hydroxyl groups excluding tert-OH is 1. The molecule has 3 N–H and O–H groups in total. The van der Waals surface area contributed by atoms with Gasteiger partial charge in [0.05, 0.1) is 12.6 Å². The Balaban J connectivity index is 1.72. The largest absolute Gasteiger partial charge is 0.386 e. The fourth-order valence-electron chi connectivity index (χ4n) is 3.78. The molecule has 4 heterocycles. The van der Waals surface area contributed by atoms with E-state index in [0.29, 0.717) is 12.1 Å². The number of hydrogen-bond donors (Lipinski definition) is 2. The number of carbonyl (C=O) groups is 1. The van der Waals surface area contributed by atoms with Crippen LogP contribution >= 0.6 is 0 Å². The van der Waals surface area contributed by atoms with Gasteiger partial charge in [-0.15, -0.1) is 0 Å². The summed E-state index contributed by atoms with van der Waals surface area (Å²) in [6, 6.07) is 5.41. The molecule has 4 rings (SSSR count). The Bertz CT molecular complexity index is 1010. The van der Waals surface area contributed by atoms with E-state index in [1.54, 1.807) is 12.1 Å². The molecule has 1 amide bonds. The van der Waals surface area contributed by atoms with Gasteiger partial charge in [-0.05, 0) is 37.2 Å². The molecule has 7 heteroatoms. The Morgan fingerprint density at radius 1 is 1.33 bits per heavy atom. The van der Waals surface area contributed by atoms with E-state index in [4.69, 9.17) is 5.73 Å². The predicted octanol–water partition coefficient (Wildman–Crippen LogP) is 1.56. The summed E-state index contributed by atoms with van der Waals surface area (Å²) in [6.07, 6.45) is 3.55. The minimum Gasteiger partial charge on any atom is -0.386 e. The first-order valence-corrected chi connectivity index (χ1v) is 9.03. The lowest BCUT2D eigenvalue weighted by Crippen LogP contribution is -2.27. The van der Waals surface area contributed by atoms with E-state index in [0.717, 1.165) is 36.1 Å². The molecule has 0 fully saturated rings. The molecule has 27 heavy (non-hydrogen) atoms. The topological polar surface area (TPSA) is 97.3 Å². The number of amides is 1. The van der Waals surface area contributed by atoms with Crippen molar-refractivity contribution in [1.29, 1.82) is 0 Å². The number of aromatic nitrogens is 3. The van der Waals surface area contributed by atoms with Crippen LogP contribution in [0.1, 0.15) is 39.0 Å². The molecule has 140 valence electrons. The Hall–Kier alpha value is -2.77. The van der Waals surface area contributed by atoms with E-state index in [-0.39, 0.29) is 5.69 Å². The molecule has 1 aliphatic rings. The highest BCUT2D eigenvalue weighted by Crippen LogP contribution is 2.31. The molecular formula is C20H23N5O2. The summed E-state index contributed by atoms with van der Waals surface area (Å²) in [4.78, 5) is 22.2. The maximum atomic E-state index is 11.2. The van der Waals surface area contributed by atoms with Gasteiger partial charge in [0.25, 0.3) is 5.91 Å². The number of fused-ring (bicyclic) bond motifs is 3. The van der Waals surface area contributed by atoms with Gasteiger partial charge in [0, 0.05) is 48.5 Å². The molecule has 1 aliphatic heterocycles. The van der Waals surface area contributed by atoms with Crippen LogP contribution in [0.5, 0.6) is 0 Å². The Morgan fingerprint density at radius 3 is 2.85 bits per heavy atom. The third-order valence-corrected chi connectivity index (χ3v) is 5.20. The van der Waals surface area contributed by atoms with Gasteiger partial charge < -0.3 is 20.3 Å². The monoisotopic (exact) mass is 365 g/mol. The first kappa shape index (κ1) is 17.6. The smallest absolute Gasteiger partial charge is 0.267 e. The van der Waals surface area contributed by atoms with Crippen LogP contribution in [0.4, 0.5) is 0 Å². The van der Waals surface area contributed by atoms with Crippen molar-refractivity contribution >= 4 is 16.9 Å². The number of primary amides is 1. The molecule has 0 saturated carbocycles. The fourth-order valence-corrected chi connectivity index (χ4v) is 3.78. The van der Waals surface area contributed by atoms with E-state index < -0.39 is 12.0 Å². The maximum absolute atomic E-state index is 11.2. The number of rotatable bonds is 4. The molecule has 0 aromatic carbocycles. The molecule has 3 aromatic rings. The zero-order chi connectivity index (χ0) is 19.1. The van der Waals surface area contributed by atoms with E-state index in [1.165, 1.54) is 17.5 Å². The van der Waals surface area contributed by atoms with Crippen LogP contribution in [-0.2, 0) is 19.5 Å². The molecule has 0 radical (unpaired) electrons. The summed E-state index contributed by atoms with van der Waals surface area (Å²) in [5.41, 5.74) is 10.6. The second-order valence-electron chi connectivity index (χ2n) is 7.26. The van der Waals surface area contributed by atoms with Gasteiger partial charge in [0.2, 0.25) is 0 Å². The highest BCUT2D eigenvalue weighted by Gasteiger charge is 2.24. The van der Waals surface area contributed by atoms with Gasteiger partial charge >= 0.3 is 0 Å². The standard InChI is InChI=1S/C20H23N5O2/c1-12-7-14-15-10-24(2)6-5-17(15)25(20(14)23-8-12)11-18(26)13-3-4-16(19(21)27)22-9-13/h3-4,7-9,18,26H,5-6,10-11H2,1-2H3,(H2,21,27). The highest BCUT2D eigenvalue weighted by molar-refractivity contribution is 5.90. The van der Waals surface area contributed by atoms with Gasteiger partial charge in [-0.2, -0.15) is 0 Å². The van der Waals surface area contributed by atoms with E-state index in [2.05, 4.69) is 32.5 Å². The summed E-state index contributed by atoms with van der Waals surface area (Å²) in [7, 11) is 2.12. The lowest BCUT2D eigenvalue weighted by atomic mass is 10.0. The van der Waals surface area contributed by atoms with Gasteiger partial charge in [0.15, 0.2) is 0 Å². The van der Waals surface area contributed by atoms with Gasteiger partial charge in [0.1, 0.15) is 11.3 Å². The van der Waals surface area contributed by atoms with Crippen LogP contribution in [0.3, 0.4) is 0 Å². The lowest BCUT2D eigenvalue weighted by molar-refractivity contribution is 0.0995. The van der Waals surface area contributed by atoms with Crippen LogP contribution in [0.15, 0.2) is 30.6 Å². The number of aliphatic hydroxyl groups is 1. The van der Waals surface area contributed by atoms with Gasteiger partial charge in [-0.1, -0.05) is 6.07 Å². The summed E-state index contributed by atoms with van der Waals surface area (Å²) >= 11 is 0. The molecule has 0 saturated heterocycles. The fraction of sp³-hybridized carbons (Fsp3) is 0.350. The molecule has 1 unspecified atom stereocenters. The van der Waals surface area contributed by atoms with Crippen LogP contribution < -0.4 is 5.73 Å². The van der Waals surface area contributed by atoms with E-state index >= 15 is 0 Å². The zero-order valence-electron chi connectivity index (χ0n) is 15.5. The third-order valence-electron chi connectivity index (χ3n) is 5.20. The van der Waals surface area contributed by atoms with Crippen molar-refractivity contribution in [2.45, 2.75) is 32.5 Å². The van der Waals surface area contributed by atoms with Crippen molar-refractivity contribution in [3.05, 3.63) is 58.7 Å². The molecule has 3 aromatic heterocycles. The predicted molar refractivity (Wildman–Crippen MR) is 102 cm³/mol. The third kappa shape index (κ3) is 3.20. The maximum Gasteiger partial charge on any atom is 0.267 e. The Labute approximate surface area is 157 Å². The molecule has 1 atom stereocenters. The summed E-state index contributed by atoms with van der Waals surface area (Å²) in [5.74, 6) is -0.579. The summed E-state index contributed by atoms with van der Waals surface area (Å²) < 4.78 is 2.13. The second kappa shape index (κ2) is 6.75. The van der Waals surface area contributed by atoms with Crippen molar-refractivity contribution in [2.24, 2.45) is 5.73 Å². The van der Waals surface area contributed by atoms with Crippen molar-refractivity contribution in [1.82, 2.24) is 19.4 Å². The van der Waals surface area contributed by atoms with Crippen molar-refractivity contribution in [3.63, 3.8) is 0 Å². The van der Waals surface area contributed by atoms with Crippen molar-refractivity contribution in [2.75, 3.05) is 13.6 Å². The molecule has 0 spiro atoms. The Morgan fingerprint density at radius 2 is 2.15 bits per heavy atom.